The molecule has 0 aliphatic heterocycles. The number of carboxylic acid groups (broad SMARTS) is 1. The Balaban J connectivity index is 0.000000249. The Bertz CT molecular complexity index is 567. The van der Waals surface area contributed by atoms with Crippen LogP contribution in [-0.4, -0.2) is 17.8 Å². The van der Waals surface area contributed by atoms with E-state index in [0.29, 0.717) is 11.1 Å². The van der Waals surface area contributed by atoms with Crippen LogP contribution in [0.5, 0.6) is 0 Å². The molecule has 0 aromatic heterocycles. The maximum atomic E-state index is 11.8. The lowest BCUT2D eigenvalue weighted by Crippen LogP contribution is -2.61. The van der Waals surface area contributed by atoms with Crippen molar-refractivity contribution in [2.75, 3.05) is 0 Å². The number of quaternary nitrogens is 1. The van der Waals surface area contributed by atoms with Gasteiger partial charge in [-0.1, -0.05) is 44.5 Å². The summed E-state index contributed by atoms with van der Waals surface area (Å²) >= 11 is 0. The number of aliphatic carboxylic acids is 1. The minimum atomic E-state index is -1.11. The van der Waals surface area contributed by atoms with Crippen LogP contribution in [0, 0.1) is 5.92 Å². The molecule has 0 spiro atoms. The van der Waals surface area contributed by atoms with Crippen LogP contribution >= 0.6 is 0 Å². The summed E-state index contributed by atoms with van der Waals surface area (Å²) in [5.41, 5.74) is 4.30. The minimum Gasteiger partial charge on any atom is -0.549 e. The number of ketones is 1. The molecule has 2 aliphatic carbocycles. The predicted molar refractivity (Wildman–Crippen MR) is 91.3 cm³/mol. The summed E-state index contributed by atoms with van der Waals surface area (Å²) in [6.07, 6.45) is 9.00. The second-order valence-electron chi connectivity index (χ2n) is 7.63. The van der Waals surface area contributed by atoms with E-state index in [2.05, 4.69) is 5.73 Å². The third kappa shape index (κ3) is 4.91. The normalized spacial score (nSPS) is 18.5. The first kappa shape index (κ1) is 18.7. The molecule has 0 amide bonds. The molecule has 0 saturated heterocycles. The highest BCUT2D eigenvalue weighted by atomic mass is 16.4. The average molecular weight is 331 g/mol. The lowest BCUT2D eigenvalue weighted by molar-refractivity contribution is -0.425. The molecule has 4 heteroatoms. The largest absolute Gasteiger partial charge is 0.549 e. The van der Waals surface area contributed by atoms with Crippen LogP contribution < -0.4 is 10.8 Å². The monoisotopic (exact) mass is 331 g/mol. The van der Waals surface area contributed by atoms with Crippen LogP contribution in [-0.2, 0) is 10.2 Å². The summed E-state index contributed by atoms with van der Waals surface area (Å²) in [6, 6.07) is 7.60. The van der Waals surface area contributed by atoms with Crippen molar-refractivity contribution in [2.45, 2.75) is 70.3 Å². The predicted octanol–water partition coefficient (Wildman–Crippen LogP) is 1.87. The first-order valence-electron chi connectivity index (χ1n) is 9.01. The Morgan fingerprint density at radius 1 is 1.00 bits per heavy atom. The zero-order valence-corrected chi connectivity index (χ0v) is 14.8. The van der Waals surface area contributed by atoms with Gasteiger partial charge in [-0.05, 0) is 44.1 Å². The number of Topliss-reactive ketones (excluding diaryl/α,β-unsaturated/α-hetero) is 1. The summed E-state index contributed by atoms with van der Waals surface area (Å²) < 4.78 is 0. The molecule has 2 saturated carbocycles. The molecule has 3 rings (SSSR count). The van der Waals surface area contributed by atoms with E-state index in [1.54, 1.807) is 38.1 Å². The quantitative estimate of drug-likeness (QED) is 0.855. The molecule has 3 N–H and O–H groups in total. The molecule has 132 valence electrons. The molecular weight excluding hydrogens is 302 g/mol. The number of benzene rings is 1. The van der Waals surface area contributed by atoms with Gasteiger partial charge in [-0.2, -0.15) is 0 Å². The standard InChI is InChI=1S/C14H16O3.C6H13N/c1-14(2,13(16)17)11-7-5-10(6-8-11)12(15)9-3-4-9;7-6-4-2-1-3-5-6/h5-9H,3-4H2,1-2H3,(H,16,17);6H,1-5,7H2. The fourth-order valence-corrected chi connectivity index (χ4v) is 2.94. The van der Waals surface area contributed by atoms with Gasteiger partial charge in [0.05, 0.1) is 12.0 Å². The third-order valence-corrected chi connectivity index (χ3v) is 5.07. The molecule has 0 radical (unpaired) electrons. The molecule has 0 atom stereocenters. The van der Waals surface area contributed by atoms with Crippen LogP contribution in [0.3, 0.4) is 0 Å². The number of hydrogen-bond acceptors (Lipinski definition) is 3. The van der Waals surface area contributed by atoms with Crippen molar-refractivity contribution in [2.24, 2.45) is 5.92 Å². The molecule has 2 fully saturated rings. The van der Waals surface area contributed by atoms with E-state index in [4.69, 9.17) is 0 Å². The second-order valence-corrected chi connectivity index (χ2v) is 7.63. The summed E-state index contributed by atoms with van der Waals surface area (Å²) in [7, 11) is 0. The Morgan fingerprint density at radius 3 is 1.92 bits per heavy atom. The Labute approximate surface area is 144 Å². The Hall–Kier alpha value is -1.68. The van der Waals surface area contributed by atoms with Gasteiger partial charge in [0.1, 0.15) is 0 Å². The van der Waals surface area contributed by atoms with Crippen LogP contribution in [0.15, 0.2) is 24.3 Å². The van der Waals surface area contributed by atoms with Crippen molar-refractivity contribution < 1.29 is 20.4 Å². The van der Waals surface area contributed by atoms with Gasteiger partial charge in [-0.15, -0.1) is 0 Å². The van der Waals surface area contributed by atoms with Crippen molar-refractivity contribution in [3.63, 3.8) is 0 Å². The molecule has 0 heterocycles. The van der Waals surface area contributed by atoms with Gasteiger partial charge in [0, 0.05) is 16.9 Å². The molecule has 4 nitrogen and oxygen atoms in total. The number of hydrogen-bond donors (Lipinski definition) is 1. The van der Waals surface area contributed by atoms with E-state index in [1.165, 1.54) is 32.1 Å². The van der Waals surface area contributed by atoms with E-state index in [0.717, 1.165) is 18.9 Å². The van der Waals surface area contributed by atoms with Crippen molar-refractivity contribution >= 4 is 11.8 Å². The SMILES string of the molecule is CC(C)(C(=O)[O-])c1ccc(C(=O)C2CC2)cc1.[NH3+]C1CCCCC1. The van der Waals surface area contributed by atoms with Crippen LogP contribution in [0.1, 0.15) is 74.7 Å². The number of carbonyl (C=O) groups excluding carboxylic acids is 2. The van der Waals surface area contributed by atoms with Gasteiger partial charge in [-0.25, -0.2) is 0 Å². The van der Waals surface area contributed by atoms with Gasteiger partial charge >= 0.3 is 0 Å². The summed E-state index contributed by atoms with van der Waals surface area (Å²) in [6.45, 7) is 3.19. The lowest BCUT2D eigenvalue weighted by atomic mass is 9.84. The first-order valence-corrected chi connectivity index (χ1v) is 9.01. The molecule has 0 bridgehead atoms. The van der Waals surface area contributed by atoms with Gasteiger partial charge < -0.3 is 15.6 Å². The summed E-state index contributed by atoms with van der Waals surface area (Å²) in [5.74, 6) is -0.753. The van der Waals surface area contributed by atoms with E-state index in [9.17, 15) is 14.7 Å². The number of rotatable bonds is 4. The maximum Gasteiger partial charge on any atom is 0.165 e. The zero-order chi connectivity index (χ0) is 17.7. The highest BCUT2D eigenvalue weighted by molar-refractivity contribution is 5.99. The smallest absolute Gasteiger partial charge is 0.165 e. The number of carboxylic acids is 1. The molecule has 2 aliphatic rings. The van der Waals surface area contributed by atoms with Crippen LogP contribution in [0.2, 0.25) is 0 Å². The Morgan fingerprint density at radius 2 is 1.54 bits per heavy atom. The van der Waals surface area contributed by atoms with E-state index in [-0.39, 0.29) is 11.7 Å². The van der Waals surface area contributed by atoms with E-state index >= 15 is 0 Å². The van der Waals surface area contributed by atoms with E-state index in [1.807, 2.05) is 0 Å². The van der Waals surface area contributed by atoms with Crippen LogP contribution in [0.25, 0.3) is 0 Å². The van der Waals surface area contributed by atoms with Gasteiger partial charge in [-0.3, -0.25) is 4.79 Å². The third-order valence-electron chi connectivity index (χ3n) is 5.07. The Kier molecular flexibility index (Phi) is 6.16. The van der Waals surface area contributed by atoms with Crippen molar-refractivity contribution in [1.82, 2.24) is 0 Å². The molecule has 0 unspecified atom stereocenters. The van der Waals surface area contributed by atoms with Gasteiger partial charge in [0.2, 0.25) is 0 Å². The van der Waals surface area contributed by atoms with Gasteiger partial charge in [0.15, 0.2) is 5.78 Å². The maximum absolute atomic E-state index is 11.8. The second kappa shape index (κ2) is 7.93. The molecule has 1 aromatic rings. The zero-order valence-electron chi connectivity index (χ0n) is 14.8. The summed E-state index contributed by atoms with van der Waals surface area (Å²) in [5, 5.41) is 11.0. The van der Waals surface area contributed by atoms with Crippen LogP contribution in [0.4, 0.5) is 0 Å². The lowest BCUT2D eigenvalue weighted by Gasteiger charge is -2.26. The minimum absolute atomic E-state index is 0.169. The molecular formula is C20H29NO3. The molecule has 24 heavy (non-hydrogen) atoms. The average Bonchev–Trinajstić information content (AvgIpc) is 3.40. The highest BCUT2D eigenvalue weighted by Crippen LogP contribution is 2.33. The van der Waals surface area contributed by atoms with Crippen molar-refractivity contribution in [1.29, 1.82) is 0 Å². The van der Waals surface area contributed by atoms with Crippen molar-refractivity contribution in [3.8, 4) is 0 Å². The summed E-state index contributed by atoms with van der Waals surface area (Å²) in [4.78, 5) is 22.8. The fraction of sp³-hybridized carbons (Fsp3) is 0.600. The molecule has 1 aromatic carbocycles. The van der Waals surface area contributed by atoms with Gasteiger partial charge in [0.25, 0.3) is 0 Å². The number of carbonyl (C=O) groups is 2. The topological polar surface area (TPSA) is 84.8 Å². The first-order chi connectivity index (χ1) is 11.3. The van der Waals surface area contributed by atoms with E-state index < -0.39 is 11.4 Å². The highest BCUT2D eigenvalue weighted by Gasteiger charge is 2.30. The fourth-order valence-electron chi connectivity index (χ4n) is 2.94. The van der Waals surface area contributed by atoms with Crippen molar-refractivity contribution in [3.05, 3.63) is 35.4 Å².